The quantitative estimate of drug-likeness (QED) is 0.546. The molecule has 4 atom stereocenters. The highest BCUT2D eigenvalue weighted by atomic mass is 16.7. The first kappa shape index (κ1) is 16.4. The monoisotopic (exact) mass is 290 g/mol. The fraction of sp³-hybridized carbons (Fsp3) is 0.750. The molecule has 20 heavy (non-hydrogen) atoms. The molecule has 0 radical (unpaired) electrons. The molecule has 0 aliphatic carbocycles. The minimum atomic E-state index is -1.20. The summed E-state index contributed by atoms with van der Waals surface area (Å²) in [6, 6.07) is 0. The van der Waals surface area contributed by atoms with Crippen LogP contribution >= 0.6 is 0 Å². The lowest BCUT2D eigenvalue weighted by Crippen LogP contribution is -2.53. The van der Waals surface area contributed by atoms with E-state index in [1.54, 1.807) is 0 Å². The van der Waals surface area contributed by atoms with Gasteiger partial charge in [-0.25, -0.2) is 0 Å². The number of aliphatic hydroxyl groups is 1. The average molecular weight is 290 g/mol. The number of ether oxygens (including phenoxy) is 4. The third kappa shape index (κ3) is 5.14. The van der Waals surface area contributed by atoms with Gasteiger partial charge in [-0.1, -0.05) is 0 Å². The zero-order chi connectivity index (χ0) is 15.3. The molecular weight excluding hydrogens is 272 g/mol. The molecule has 1 aliphatic rings. The van der Waals surface area contributed by atoms with Crippen LogP contribution in [0.3, 0.4) is 0 Å². The first-order valence-electron chi connectivity index (χ1n) is 6.11. The van der Waals surface area contributed by atoms with E-state index in [4.69, 9.17) is 18.9 Å². The molecule has 0 aromatic rings. The molecule has 0 bridgehead atoms. The van der Waals surface area contributed by atoms with Gasteiger partial charge < -0.3 is 24.1 Å². The summed E-state index contributed by atoms with van der Waals surface area (Å²) < 4.78 is 20.0. The molecule has 0 unspecified atom stereocenters. The average Bonchev–Trinajstić information content (AvgIpc) is 2.28. The molecule has 1 heterocycles. The number of aliphatic hydroxyl groups excluding tert-OH is 1. The zero-order valence-corrected chi connectivity index (χ0v) is 11.5. The highest BCUT2D eigenvalue weighted by Crippen LogP contribution is 2.25. The van der Waals surface area contributed by atoms with Crippen molar-refractivity contribution in [2.45, 2.75) is 51.8 Å². The van der Waals surface area contributed by atoms with E-state index >= 15 is 0 Å². The van der Waals surface area contributed by atoms with Crippen molar-refractivity contribution in [1.82, 2.24) is 0 Å². The Balaban J connectivity index is 2.82. The van der Waals surface area contributed by atoms with E-state index in [1.807, 2.05) is 0 Å². The topological polar surface area (TPSA) is 108 Å². The summed E-state index contributed by atoms with van der Waals surface area (Å²) in [5.74, 6) is -1.72. The van der Waals surface area contributed by atoms with Crippen LogP contribution in [-0.2, 0) is 33.3 Å². The maximum atomic E-state index is 11.1. The second kappa shape index (κ2) is 7.20. The van der Waals surface area contributed by atoms with Crippen LogP contribution in [0, 0.1) is 0 Å². The summed E-state index contributed by atoms with van der Waals surface area (Å²) in [7, 11) is 0. The maximum Gasteiger partial charge on any atom is 0.303 e. The lowest BCUT2D eigenvalue weighted by atomic mass is 10.0. The van der Waals surface area contributed by atoms with Crippen LogP contribution in [0.2, 0.25) is 0 Å². The van der Waals surface area contributed by atoms with Gasteiger partial charge in [0.15, 0.2) is 12.4 Å². The number of esters is 3. The van der Waals surface area contributed by atoms with Crippen molar-refractivity contribution in [1.29, 1.82) is 0 Å². The second-order valence-corrected chi connectivity index (χ2v) is 4.39. The highest BCUT2D eigenvalue weighted by molar-refractivity contribution is 5.67. The number of rotatable bonds is 4. The van der Waals surface area contributed by atoms with Crippen molar-refractivity contribution in [3.63, 3.8) is 0 Å². The van der Waals surface area contributed by atoms with Gasteiger partial charge in [-0.3, -0.25) is 14.4 Å². The van der Waals surface area contributed by atoms with Gasteiger partial charge in [0, 0.05) is 27.2 Å². The van der Waals surface area contributed by atoms with E-state index in [0.717, 1.165) is 0 Å². The molecule has 114 valence electrons. The molecule has 0 aromatic carbocycles. The molecule has 0 spiro atoms. The van der Waals surface area contributed by atoms with Gasteiger partial charge in [0.25, 0.3) is 0 Å². The fourth-order valence-electron chi connectivity index (χ4n) is 1.91. The van der Waals surface area contributed by atoms with Crippen molar-refractivity contribution >= 4 is 17.9 Å². The number of carbonyl (C=O) groups excluding carboxylic acids is 3. The van der Waals surface area contributed by atoms with E-state index in [-0.39, 0.29) is 13.0 Å². The van der Waals surface area contributed by atoms with Gasteiger partial charge in [-0.2, -0.15) is 0 Å². The summed E-state index contributed by atoms with van der Waals surface area (Å²) in [6.45, 7) is 3.39. The Labute approximate surface area is 115 Å². The maximum absolute atomic E-state index is 11.1. The molecule has 0 saturated carbocycles. The predicted molar refractivity (Wildman–Crippen MR) is 63.2 cm³/mol. The van der Waals surface area contributed by atoms with Crippen molar-refractivity contribution < 1.29 is 38.4 Å². The van der Waals surface area contributed by atoms with Crippen molar-refractivity contribution in [3.05, 3.63) is 0 Å². The smallest absolute Gasteiger partial charge is 0.303 e. The molecule has 8 heteroatoms. The molecule has 8 nitrogen and oxygen atoms in total. The molecule has 1 rings (SSSR count). The van der Waals surface area contributed by atoms with Crippen LogP contribution in [0.15, 0.2) is 0 Å². The molecule has 1 saturated heterocycles. The molecule has 1 N–H and O–H groups in total. The largest absolute Gasteiger partial charge is 0.463 e. The van der Waals surface area contributed by atoms with Crippen molar-refractivity contribution in [2.75, 3.05) is 6.61 Å². The predicted octanol–water partition coefficient (Wildman–Crippen LogP) is -0.480. The Morgan fingerprint density at radius 2 is 1.70 bits per heavy atom. The van der Waals surface area contributed by atoms with E-state index in [0.29, 0.717) is 0 Å². The fourth-order valence-corrected chi connectivity index (χ4v) is 1.91. The first-order chi connectivity index (χ1) is 9.29. The zero-order valence-electron chi connectivity index (χ0n) is 11.5. The Hall–Kier alpha value is -1.67. The van der Waals surface area contributed by atoms with Crippen LogP contribution in [0.25, 0.3) is 0 Å². The summed E-state index contributed by atoms with van der Waals surface area (Å²) in [5.41, 5.74) is 0. The van der Waals surface area contributed by atoms with Crippen LogP contribution in [0.4, 0.5) is 0 Å². The molecular formula is C12H18O8. The Bertz CT molecular complexity index is 380. The third-order valence-electron chi connectivity index (χ3n) is 2.57. The van der Waals surface area contributed by atoms with E-state index in [9.17, 15) is 19.5 Å². The first-order valence-corrected chi connectivity index (χ1v) is 6.11. The molecule has 0 aromatic heterocycles. The van der Waals surface area contributed by atoms with Gasteiger partial charge in [0.1, 0.15) is 18.8 Å². The molecule has 1 aliphatic heterocycles. The van der Waals surface area contributed by atoms with Crippen molar-refractivity contribution in [2.24, 2.45) is 0 Å². The summed E-state index contributed by atoms with van der Waals surface area (Å²) >= 11 is 0. The summed E-state index contributed by atoms with van der Waals surface area (Å²) in [4.78, 5) is 33.0. The van der Waals surface area contributed by atoms with Crippen molar-refractivity contribution in [3.8, 4) is 0 Å². The summed E-state index contributed by atoms with van der Waals surface area (Å²) in [5, 5.41) is 9.59. The van der Waals surface area contributed by atoms with Crippen LogP contribution in [0.5, 0.6) is 0 Å². The van der Waals surface area contributed by atoms with Gasteiger partial charge >= 0.3 is 17.9 Å². The molecule has 1 fully saturated rings. The van der Waals surface area contributed by atoms with E-state index < -0.39 is 42.5 Å². The van der Waals surface area contributed by atoms with Crippen LogP contribution in [-0.4, -0.2) is 54.2 Å². The van der Waals surface area contributed by atoms with Gasteiger partial charge in [-0.15, -0.1) is 0 Å². The SMILES string of the molecule is CC(=O)OC[C@H]1O[C@H](O)C[C@H](OC(C)=O)[C@@H]1OC(C)=O. The minimum absolute atomic E-state index is 0.0336. The van der Waals surface area contributed by atoms with Crippen LogP contribution < -0.4 is 0 Å². The third-order valence-corrected chi connectivity index (χ3v) is 2.57. The number of carbonyl (C=O) groups is 3. The van der Waals surface area contributed by atoms with Gasteiger partial charge in [0.05, 0.1) is 0 Å². The molecule has 0 amide bonds. The highest BCUT2D eigenvalue weighted by Gasteiger charge is 2.43. The lowest BCUT2D eigenvalue weighted by Gasteiger charge is -2.38. The lowest BCUT2D eigenvalue weighted by molar-refractivity contribution is -0.252. The standard InChI is InChI=1S/C12H18O8/c1-6(13)17-5-10-12(19-8(3)15)9(18-7(2)14)4-11(16)20-10/h9-12,16H,4-5H2,1-3H3/t9-,10+,11-,12-/m0/s1. The Morgan fingerprint density at radius 1 is 1.10 bits per heavy atom. The number of hydrogen-bond acceptors (Lipinski definition) is 8. The summed E-state index contributed by atoms with van der Waals surface area (Å²) in [6.07, 6.45) is -3.95. The van der Waals surface area contributed by atoms with E-state index in [2.05, 4.69) is 0 Å². The van der Waals surface area contributed by atoms with E-state index in [1.165, 1.54) is 20.8 Å². The van der Waals surface area contributed by atoms with Crippen LogP contribution in [0.1, 0.15) is 27.2 Å². The van der Waals surface area contributed by atoms with Gasteiger partial charge in [0.2, 0.25) is 0 Å². The van der Waals surface area contributed by atoms with Gasteiger partial charge in [-0.05, 0) is 0 Å². The second-order valence-electron chi connectivity index (χ2n) is 4.39. The Morgan fingerprint density at radius 3 is 2.20 bits per heavy atom. The Kier molecular flexibility index (Phi) is 5.90. The normalized spacial score (nSPS) is 29.4. The minimum Gasteiger partial charge on any atom is -0.463 e. The number of hydrogen-bond donors (Lipinski definition) is 1.